The Balaban J connectivity index is 1.84. The van der Waals surface area contributed by atoms with Crippen molar-refractivity contribution in [2.75, 3.05) is 38.1 Å². The zero-order valence-electron chi connectivity index (χ0n) is 13.0. The lowest BCUT2D eigenvalue weighted by molar-refractivity contribution is -0.384. The summed E-state index contributed by atoms with van der Waals surface area (Å²) in [5.41, 5.74) is 1.09. The Kier molecular flexibility index (Phi) is 4.47. The largest absolute Gasteiger partial charge is 0.488 e. The van der Waals surface area contributed by atoms with Gasteiger partial charge in [-0.1, -0.05) is 0 Å². The van der Waals surface area contributed by atoms with Crippen LogP contribution in [0.2, 0.25) is 0 Å². The van der Waals surface area contributed by atoms with Crippen molar-refractivity contribution in [1.29, 1.82) is 0 Å². The van der Waals surface area contributed by atoms with Crippen molar-refractivity contribution in [2.45, 2.75) is 31.8 Å². The van der Waals surface area contributed by atoms with E-state index in [-0.39, 0.29) is 16.7 Å². The second-order valence-electron chi connectivity index (χ2n) is 6.22. The Morgan fingerprint density at radius 2 is 1.86 bits per heavy atom. The molecule has 0 spiro atoms. The van der Waals surface area contributed by atoms with E-state index in [0.29, 0.717) is 5.75 Å². The molecule has 22 heavy (non-hydrogen) atoms. The molecule has 0 aromatic heterocycles. The molecule has 1 saturated carbocycles. The molecule has 6 heteroatoms. The summed E-state index contributed by atoms with van der Waals surface area (Å²) in [7, 11) is 2.11. The van der Waals surface area contributed by atoms with E-state index < -0.39 is 0 Å². The molecule has 1 aromatic carbocycles. The van der Waals surface area contributed by atoms with Gasteiger partial charge >= 0.3 is 0 Å². The van der Waals surface area contributed by atoms with Crippen LogP contribution in [0.25, 0.3) is 0 Å². The van der Waals surface area contributed by atoms with Crippen LogP contribution in [-0.4, -0.2) is 49.2 Å². The van der Waals surface area contributed by atoms with Crippen molar-refractivity contribution in [3.8, 4) is 5.75 Å². The topological polar surface area (TPSA) is 58.9 Å². The SMILES string of the molecule is CN1CCN(c2ccc([N+](=O)[O-])cc2OC2CCCC2)CC1. The molecule has 2 aliphatic rings. The number of hydrogen-bond acceptors (Lipinski definition) is 5. The lowest BCUT2D eigenvalue weighted by atomic mass is 10.2. The third-order valence-corrected chi connectivity index (χ3v) is 4.59. The first-order valence-corrected chi connectivity index (χ1v) is 8.02. The Morgan fingerprint density at radius 1 is 1.18 bits per heavy atom. The number of piperazine rings is 1. The molecule has 1 aliphatic heterocycles. The van der Waals surface area contributed by atoms with Gasteiger partial charge in [-0.05, 0) is 38.8 Å². The van der Waals surface area contributed by atoms with Crippen LogP contribution in [0.5, 0.6) is 5.75 Å². The highest BCUT2D eigenvalue weighted by Crippen LogP contribution is 2.35. The third-order valence-electron chi connectivity index (χ3n) is 4.59. The van der Waals surface area contributed by atoms with E-state index in [0.717, 1.165) is 44.7 Å². The number of nitrogens with zero attached hydrogens (tertiary/aromatic N) is 3. The monoisotopic (exact) mass is 305 g/mol. The highest BCUT2D eigenvalue weighted by Gasteiger charge is 2.23. The average molecular weight is 305 g/mol. The number of nitro benzene ring substituents is 1. The van der Waals surface area contributed by atoms with Crippen LogP contribution in [0, 0.1) is 10.1 Å². The van der Waals surface area contributed by atoms with Gasteiger partial charge < -0.3 is 14.5 Å². The number of anilines is 1. The summed E-state index contributed by atoms with van der Waals surface area (Å²) < 4.78 is 6.12. The van der Waals surface area contributed by atoms with Gasteiger partial charge in [0.1, 0.15) is 5.75 Å². The zero-order valence-corrected chi connectivity index (χ0v) is 13.0. The molecule has 0 atom stereocenters. The summed E-state index contributed by atoms with van der Waals surface area (Å²) >= 11 is 0. The molecule has 3 rings (SSSR count). The molecule has 0 unspecified atom stereocenters. The van der Waals surface area contributed by atoms with E-state index in [9.17, 15) is 10.1 Å². The molecule has 0 radical (unpaired) electrons. The fourth-order valence-electron chi connectivity index (χ4n) is 3.21. The van der Waals surface area contributed by atoms with Crippen molar-refractivity contribution in [3.05, 3.63) is 28.3 Å². The molecule has 0 bridgehead atoms. The predicted octanol–water partition coefficient (Wildman–Crippen LogP) is 2.67. The third kappa shape index (κ3) is 3.32. The van der Waals surface area contributed by atoms with Gasteiger partial charge in [0.05, 0.1) is 22.8 Å². The fraction of sp³-hybridized carbons (Fsp3) is 0.625. The van der Waals surface area contributed by atoms with Crippen molar-refractivity contribution in [1.82, 2.24) is 4.90 Å². The molecule has 120 valence electrons. The maximum Gasteiger partial charge on any atom is 0.273 e. The number of likely N-dealkylation sites (N-methyl/N-ethyl adjacent to an activating group) is 1. The molecule has 6 nitrogen and oxygen atoms in total. The molecule has 1 aliphatic carbocycles. The summed E-state index contributed by atoms with van der Waals surface area (Å²) in [6, 6.07) is 5.01. The summed E-state index contributed by atoms with van der Waals surface area (Å²) in [6.45, 7) is 3.85. The van der Waals surface area contributed by atoms with Crippen LogP contribution in [-0.2, 0) is 0 Å². The predicted molar refractivity (Wildman–Crippen MR) is 85.7 cm³/mol. The quantitative estimate of drug-likeness (QED) is 0.632. The smallest absolute Gasteiger partial charge is 0.273 e. The molecule has 0 amide bonds. The number of ether oxygens (including phenoxy) is 1. The minimum atomic E-state index is -0.352. The van der Waals surface area contributed by atoms with Crippen LogP contribution < -0.4 is 9.64 Å². The van der Waals surface area contributed by atoms with Crippen LogP contribution in [0.1, 0.15) is 25.7 Å². The van der Waals surface area contributed by atoms with Crippen LogP contribution in [0.3, 0.4) is 0 Å². The van der Waals surface area contributed by atoms with Gasteiger partial charge in [0.15, 0.2) is 0 Å². The highest BCUT2D eigenvalue weighted by molar-refractivity contribution is 5.62. The number of rotatable bonds is 4. The molecule has 1 saturated heterocycles. The van der Waals surface area contributed by atoms with Crippen molar-refractivity contribution < 1.29 is 9.66 Å². The maximum absolute atomic E-state index is 11.1. The van der Waals surface area contributed by atoms with E-state index in [2.05, 4.69) is 16.8 Å². The molecular formula is C16H23N3O3. The van der Waals surface area contributed by atoms with E-state index >= 15 is 0 Å². The molecule has 2 fully saturated rings. The van der Waals surface area contributed by atoms with Gasteiger partial charge in [-0.25, -0.2) is 0 Å². The van der Waals surface area contributed by atoms with Gasteiger partial charge in [0.2, 0.25) is 0 Å². The maximum atomic E-state index is 11.1. The van der Waals surface area contributed by atoms with Crippen molar-refractivity contribution in [3.63, 3.8) is 0 Å². The minimum Gasteiger partial charge on any atom is -0.488 e. The van der Waals surface area contributed by atoms with Crippen LogP contribution in [0.4, 0.5) is 11.4 Å². The molecule has 1 heterocycles. The number of non-ortho nitro benzene ring substituents is 1. The van der Waals surface area contributed by atoms with Gasteiger partial charge in [0, 0.05) is 32.2 Å². The van der Waals surface area contributed by atoms with Gasteiger partial charge in [0.25, 0.3) is 5.69 Å². The highest BCUT2D eigenvalue weighted by atomic mass is 16.6. The second-order valence-corrected chi connectivity index (χ2v) is 6.22. The van der Waals surface area contributed by atoms with Gasteiger partial charge in [-0.3, -0.25) is 10.1 Å². The average Bonchev–Trinajstić information content (AvgIpc) is 3.01. The minimum absolute atomic E-state index is 0.103. The Bertz CT molecular complexity index is 535. The summed E-state index contributed by atoms with van der Waals surface area (Å²) in [5.74, 6) is 0.672. The number of benzene rings is 1. The Morgan fingerprint density at radius 3 is 2.50 bits per heavy atom. The van der Waals surface area contributed by atoms with Crippen LogP contribution in [0.15, 0.2) is 18.2 Å². The first kappa shape index (κ1) is 15.1. The lowest BCUT2D eigenvalue weighted by Crippen LogP contribution is -2.44. The summed E-state index contributed by atoms with van der Waals surface area (Å²) in [6.07, 6.45) is 4.66. The standard InChI is InChI=1S/C16H23N3O3/c1-17-8-10-18(11-9-17)15-7-6-13(19(20)21)12-16(15)22-14-4-2-3-5-14/h6-7,12,14H,2-5,8-11H2,1H3. The number of hydrogen-bond donors (Lipinski definition) is 0. The first-order valence-electron chi connectivity index (χ1n) is 8.02. The second kappa shape index (κ2) is 6.52. The van der Waals surface area contributed by atoms with Crippen molar-refractivity contribution in [2.24, 2.45) is 0 Å². The summed E-state index contributed by atoms with van der Waals surface area (Å²) in [5, 5.41) is 11.1. The zero-order chi connectivity index (χ0) is 15.5. The van der Waals surface area contributed by atoms with Gasteiger partial charge in [-0.15, -0.1) is 0 Å². The van der Waals surface area contributed by atoms with E-state index in [1.165, 1.54) is 12.8 Å². The lowest BCUT2D eigenvalue weighted by Gasteiger charge is -2.35. The molecule has 1 aromatic rings. The molecule has 0 N–H and O–H groups in total. The van der Waals surface area contributed by atoms with Crippen molar-refractivity contribution >= 4 is 11.4 Å². The fourth-order valence-corrected chi connectivity index (χ4v) is 3.21. The van der Waals surface area contributed by atoms with Crippen LogP contribution >= 0.6 is 0 Å². The van der Waals surface area contributed by atoms with E-state index in [1.54, 1.807) is 12.1 Å². The molecular weight excluding hydrogens is 282 g/mol. The van der Waals surface area contributed by atoms with E-state index in [4.69, 9.17) is 4.74 Å². The number of nitro groups is 1. The Labute approximate surface area is 130 Å². The van der Waals surface area contributed by atoms with E-state index in [1.807, 2.05) is 6.07 Å². The Hall–Kier alpha value is -1.82. The first-order chi connectivity index (χ1) is 10.6. The van der Waals surface area contributed by atoms with Gasteiger partial charge in [-0.2, -0.15) is 0 Å². The normalized spacial score (nSPS) is 20.3. The summed E-state index contributed by atoms with van der Waals surface area (Å²) in [4.78, 5) is 15.3.